The van der Waals surface area contributed by atoms with Gasteiger partial charge in [0, 0.05) is 19.5 Å². The average Bonchev–Trinajstić information content (AvgIpc) is 3.05. The minimum atomic E-state index is -5.08. The van der Waals surface area contributed by atoms with Gasteiger partial charge in [-0.3, -0.25) is 34.0 Å². The van der Waals surface area contributed by atoms with E-state index < -0.39 is 90.9 Å². The van der Waals surface area contributed by atoms with Gasteiger partial charge < -0.3 is 70.4 Å². The van der Waals surface area contributed by atoms with Crippen LogP contribution in [0.3, 0.4) is 0 Å². The SMILES string of the molecule is CSCCC(NC(=O)C(CCCN=C(N)N)NC(=O)C(CCC(=O)O)NC(=O)C(N)CCCN=C(N)N)C(=O)NC(CO)C(=O)O.O=C(O)C(F)(F)F. The molecule has 0 aliphatic heterocycles. The molecular weight excluding hydrogens is 743 g/mol. The highest BCUT2D eigenvalue weighted by molar-refractivity contribution is 7.98. The summed E-state index contributed by atoms with van der Waals surface area (Å²) < 4.78 is 31.7. The Morgan fingerprint density at radius 3 is 1.45 bits per heavy atom. The molecule has 5 atom stereocenters. The lowest BCUT2D eigenvalue weighted by Gasteiger charge is -2.26. The molecule has 0 aromatic heterocycles. The maximum atomic E-state index is 13.4. The number of aliphatic imine (C=N–C) groups is 2. The second-order valence-electron chi connectivity index (χ2n) is 10.8. The van der Waals surface area contributed by atoms with E-state index in [0.29, 0.717) is 12.2 Å². The summed E-state index contributed by atoms with van der Waals surface area (Å²) in [5, 5.41) is 44.3. The first-order valence-electron chi connectivity index (χ1n) is 15.5. The molecule has 18 N–H and O–H groups in total. The maximum absolute atomic E-state index is 13.4. The third kappa shape index (κ3) is 24.7. The molecule has 304 valence electrons. The van der Waals surface area contributed by atoms with Crippen molar-refractivity contribution in [2.24, 2.45) is 38.7 Å². The number of aliphatic hydroxyl groups excluding tert-OH is 1. The first kappa shape index (κ1) is 50.0. The Morgan fingerprint density at radius 2 is 1.08 bits per heavy atom. The van der Waals surface area contributed by atoms with Gasteiger partial charge in [0.15, 0.2) is 11.9 Å². The fraction of sp³-hybridized carbons (Fsp3) is 0.667. The summed E-state index contributed by atoms with van der Waals surface area (Å²) in [5.41, 5.74) is 27.1. The molecule has 0 aliphatic carbocycles. The van der Waals surface area contributed by atoms with Crippen molar-refractivity contribution in [2.45, 2.75) is 81.3 Å². The van der Waals surface area contributed by atoms with Crippen molar-refractivity contribution in [3.05, 3.63) is 0 Å². The van der Waals surface area contributed by atoms with E-state index in [9.17, 15) is 57.3 Å². The van der Waals surface area contributed by atoms with Gasteiger partial charge in [-0.1, -0.05) is 0 Å². The highest BCUT2D eigenvalue weighted by atomic mass is 32.2. The summed E-state index contributed by atoms with van der Waals surface area (Å²) in [6.45, 7) is -0.615. The smallest absolute Gasteiger partial charge is 0.481 e. The van der Waals surface area contributed by atoms with Gasteiger partial charge >= 0.3 is 24.1 Å². The van der Waals surface area contributed by atoms with Crippen molar-refractivity contribution in [1.29, 1.82) is 0 Å². The van der Waals surface area contributed by atoms with Gasteiger partial charge in [-0.2, -0.15) is 24.9 Å². The van der Waals surface area contributed by atoms with Crippen LogP contribution >= 0.6 is 11.8 Å². The lowest BCUT2D eigenvalue weighted by molar-refractivity contribution is -0.192. The van der Waals surface area contributed by atoms with E-state index in [4.69, 9.17) is 38.6 Å². The van der Waals surface area contributed by atoms with Crippen LogP contribution in [-0.2, 0) is 33.6 Å². The van der Waals surface area contributed by atoms with Gasteiger partial charge in [0.05, 0.1) is 12.6 Å². The fourth-order valence-corrected chi connectivity index (χ4v) is 4.22. The molecule has 0 bridgehead atoms. The molecular formula is C27H48F3N11O11S. The molecule has 4 amide bonds. The molecule has 0 rings (SSSR count). The van der Waals surface area contributed by atoms with Crippen LogP contribution in [0.5, 0.6) is 0 Å². The zero-order valence-corrected chi connectivity index (χ0v) is 29.5. The number of hydrogen-bond donors (Lipinski definition) is 13. The maximum Gasteiger partial charge on any atom is 0.490 e. The Kier molecular flexibility index (Phi) is 25.1. The summed E-state index contributed by atoms with van der Waals surface area (Å²) in [7, 11) is 0. The number of alkyl halides is 3. The van der Waals surface area contributed by atoms with Crippen molar-refractivity contribution < 1.29 is 67.2 Å². The number of thioether (sulfide) groups is 1. The first-order valence-corrected chi connectivity index (χ1v) is 16.9. The van der Waals surface area contributed by atoms with Crippen LogP contribution in [0, 0.1) is 0 Å². The Hall–Kier alpha value is -5.11. The van der Waals surface area contributed by atoms with E-state index >= 15 is 0 Å². The molecule has 0 radical (unpaired) electrons. The van der Waals surface area contributed by atoms with E-state index in [1.165, 1.54) is 11.8 Å². The van der Waals surface area contributed by atoms with Crippen LogP contribution in [0.4, 0.5) is 13.2 Å². The fourth-order valence-electron chi connectivity index (χ4n) is 3.75. The lowest BCUT2D eigenvalue weighted by Crippen LogP contribution is -2.58. The number of carboxylic acids is 3. The number of aliphatic carboxylic acids is 3. The zero-order valence-electron chi connectivity index (χ0n) is 28.6. The van der Waals surface area contributed by atoms with Crippen molar-refractivity contribution in [3.63, 3.8) is 0 Å². The first-order chi connectivity index (χ1) is 24.6. The second kappa shape index (κ2) is 26.6. The van der Waals surface area contributed by atoms with Gasteiger partial charge in [0.1, 0.15) is 24.2 Å². The molecule has 0 aromatic rings. The number of carboxylic acid groups (broad SMARTS) is 3. The normalized spacial score (nSPS) is 13.5. The number of carbonyl (C=O) groups is 7. The quantitative estimate of drug-likeness (QED) is 0.0250. The number of hydrogen-bond acceptors (Lipinski definition) is 12. The summed E-state index contributed by atoms with van der Waals surface area (Å²) in [5.74, 6) is -8.82. The number of carbonyl (C=O) groups excluding carboxylic acids is 4. The van der Waals surface area contributed by atoms with Crippen molar-refractivity contribution in [2.75, 3.05) is 31.7 Å². The molecule has 53 heavy (non-hydrogen) atoms. The summed E-state index contributed by atoms with van der Waals surface area (Å²) >= 11 is 1.35. The topological polar surface area (TPSA) is 403 Å². The molecule has 0 heterocycles. The van der Waals surface area contributed by atoms with Crippen LogP contribution < -0.4 is 49.9 Å². The largest absolute Gasteiger partial charge is 0.490 e. The number of amides is 4. The molecule has 0 saturated heterocycles. The Morgan fingerprint density at radius 1 is 0.679 bits per heavy atom. The van der Waals surface area contributed by atoms with Crippen molar-refractivity contribution in [3.8, 4) is 0 Å². The van der Waals surface area contributed by atoms with Gasteiger partial charge in [-0.05, 0) is 50.5 Å². The van der Waals surface area contributed by atoms with Crippen molar-refractivity contribution in [1.82, 2.24) is 21.3 Å². The van der Waals surface area contributed by atoms with E-state index in [2.05, 4.69) is 31.3 Å². The van der Waals surface area contributed by atoms with E-state index in [1.807, 2.05) is 0 Å². The number of halogens is 3. The lowest BCUT2D eigenvalue weighted by atomic mass is 10.1. The average molecular weight is 792 g/mol. The summed E-state index contributed by atoms with van der Waals surface area (Å²) in [6, 6.07) is -6.68. The summed E-state index contributed by atoms with van der Waals surface area (Å²) in [6.07, 6.45) is -3.50. The number of rotatable bonds is 24. The van der Waals surface area contributed by atoms with Gasteiger partial charge in [0.25, 0.3) is 0 Å². The number of nitrogens with two attached hydrogens (primary N) is 5. The number of guanidine groups is 2. The number of nitrogens with zero attached hydrogens (tertiary/aromatic N) is 2. The standard InChI is InChI=1S/C25H47N11O9S.C2HF3O2/c1-46-11-8-16(22(43)36-17(12-37)23(44)45)35-20(41)14(5-3-10-32-25(29)30)34-21(42)15(6-7-18(38)39)33-19(40)13(26)4-2-9-31-24(27)28;3-2(4,5)1(6)7/h13-17,37H,2-12,26H2,1H3,(H,33,40)(H,34,42)(H,35,41)(H,36,43)(H,38,39)(H,44,45)(H4,27,28,31)(H4,29,30,32);(H,6,7). The predicted molar refractivity (Wildman–Crippen MR) is 184 cm³/mol. The second-order valence-corrected chi connectivity index (χ2v) is 11.8. The molecule has 0 saturated carbocycles. The van der Waals surface area contributed by atoms with Crippen LogP contribution in [0.1, 0.15) is 44.9 Å². The number of aliphatic hydroxyl groups is 1. The third-order valence-corrected chi connectivity index (χ3v) is 7.09. The van der Waals surface area contributed by atoms with Gasteiger partial charge in [0.2, 0.25) is 23.6 Å². The Labute approximate surface area is 305 Å². The van der Waals surface area contributed by atoms with Crippen LogP contribution in [0.25, 0.3) is 0 Å². The minimum Gasteiger partial charge on any atom is -0.481 e. The van der Waals surface area contributed by atoms with E-state index in [-0.39, 0.29) is 57.1 Å². The van der Waals surface area contributed by atoms with Crippen LogP contribution in [0.15, 0.2) is 9.98 Å². The van der Waals surface area contributed by atoms with Gasteiger partial charge in [-0.15, -0.1) is 0 Å². The summed E-state index contributed by atoms with van der Waals surface area (Å²) in [4.78, 5) is 91.3. The highest BCUT2D eigenvalue weighted by Gasteiger charge is 2.38. The van der Waals surface area contributed by atoms with Crippen molar-refractivity contribution >= 4 is 65.2 Å². The molecule has 0 aliphatic rings. The Balaban J connectivity index is 0. The van der Waals surface area contributed by atoms with E-state index in [0.717, 1.165) is 0 Å². The van der Waals surface area contributed by atoms with Crippen LogP contribution in [-0.4, -0.2) is 142 Å². The van der Waals surface area contributed by atoms with E-state index in [1.54, 1.807) is 6.26 Å². The molecule has 22 nitrogen and oxygen atoms in total. The van der Waals surface area contributed by atoms with Crippen LogP contribution in [0.2, 0.25) is 0 Å². The molecule has 0 fully saturated rings. The van der Waals surface area contributed by atoms with Gasteiger partial charge in [-0.25, -0.2) is 9.59 Å². The Bertz CT molecular complexity index is 1290. The predicted octanol–water partition coefficient (Wildman–Crippen LogP) is -4.31. The molecule has 26 heteroatoms. The molecule has 5 unspecified atom stereocenters. The molecule has 0 aromatic carbocycles. The number of nitrogens with one attached hydrogen (secondary N) is 4. The molecule has 0 spiro atoms. The minimum absolute atomic E-state index is 0.0521. The zero-order chi connectivity index (χ0) is 41.3. The third-order valence-electron chi connectivity index (χ3n) is 6.45. The monoisotopic (exact) mass is 791 g/mol. The highest BCUT2D eigenvalue weighted by Crippen LogP contribution is 2.13.